The van der Waals surface area contributed by atoms with Crippen LogP contribution >= 0.6 is 24.0 Å². The van der Waals surface area contributed by atoms with Crippen molar-refractivity contribution in [3.63, 3.8) is 0 Å². The number of aliphatic imine (C=N–C) groups is 1. The summed E-state index contributed by atoms with van der Waals surface area (Å²) >= 11 is 0. The Morgan fingerprint density at radius 2 is 1.67 bits per heavy atom. The quantitative estimate of drug-likeness (QED) is 0.306. The van der Waals surface area contributed by atoms with E-state index in [0.717, 1.165) is 17.7 Å². The average Bonchev–Trinajstić information content (AvgIpc) is 2.68. The zero-order chi connectivity index (χ0) is 18.8. The Morgan fingerprint density at radius 3 is 2.22 bits per heavy atom. The first-order chi connectivity index (χ1) is 12.6. The molecule has 0 radical (unpaired) electrons. The summed E-state index contributed by atoms with van der Waals surface area (Å²) in [5, 5.41) is 17.2. The van der Waals surface area contributed by atoms with Crippen LogP contribution in [-0.4, -0.2) is 37.8 Å². The molecule has 0 amide bonds. The van der Waals surface area contributed by atoms with E-state index in [4.69, 9.17) is 4.74 Å². The van der Waals surface area contributed by atoms with E-state index in [-0.39, 0.29) is 36.6 Å². The molecule has 0 aromatic heterocycles. The molecular weight excluding hydrogens is 453 g/mol. The topological polar surface area (TPSA) is 65.9 Å². The van der Waals surface area contributed by atoms with Crippen molar-refractivity contribution in [2.45, 2.75) is 25.6 Å². The molecule has 0 heterocycles. The third-order valence-electron chi connectivity index (χ3n) is 4.20. The van der Waals surface area contributed by atoms with Crippen LogP contribution in [0.2, 0.25) is 0 Å². The van der Waals surface area contributed by atoms with Gasteiger partial charge in [-0.1, -0.05) is 60.7 Å². The third-order valence-corrected chi connectivity index (χ3v) is 4.20. The molecule has 2 unspecified atom stereocenters. The molecule has 0 aliphatic carbocycles. The highest BCUT2D eigenvalue weighted by Gasteiger charge is 2.22. The first kappa shape index (κ1) is 23.4. The molecule has 2 aromatic carbocycles. The maximum Gasteiger partial charge on any atom is 0.191 e. The van der Waals surface area contributed by atoms with Gasteiger partial charge in [-0.2, -0.15) is 0 Å². The molecule has 0 saturated heterocycles. The lowest BCUT2D eigenvalue weighted by Crippen LogP contribution is -2.40. The van der Waals surface area contributed by atoms with E-state index in [2.05, 4.69) is 15.6 Å². The smallest absolute Gasteiger partial charge is 0.191 e. The zero-order valence-electron chi connectivity index (χ0n) is 16.2. The second-order valence-corrected chi connectivity index (χ2v) is 6.35. The second kappa shape index (κ2) is 11.9. The summed E-state index contributed by atoms with van der Waals surface area (Å²) in [4.78, 5) is 4.55. The minimum atomic E-state index is -1.02. The maximum atomic E-state index is 10.7. The Labute approximate surface area is 179 Å². The summed E-state index contributed by atoms with van der Waals surface area (Å²) in [6.07, 6.45) is -0.0744. The number of halogens is 1. The van der Waals surface area contributed by atoms with Gasteiger partial charge in [0.25, 0.3) is 0 Å². The lowest BCUT2D eigenvalue weighted by atomic mass is 9.96. The number of rotatable bonds is 8. The van der Waals surface area contributed by atoms with Gasteiger partial charge in [0.15, 0.2) is 5.96 Å². The van der Waals surface area contributed by atoms with Gasteiger partial charge in [0.05, 0.1) is 12.6 Å². The third kappa shape index (κ3) is 7.48. The largest absolute Gasteiger partial charge is 0.384 e. The van der Waals surface area contributed by atoms with Crippen LogP contribution < -0.4 is 10.6 Å². The van der Waals surface area contributed by atoms with Crippen LogP contribution in [0.5, 0.6) is 0 Å². The monoisotopic (exact) mass is 483 g/mol. The predicted molar refractivity (Wildman–Crippen MR) is 122 cm³/mol. The highest BCUT2D eigenvalue weighted by atomic mass is 127. The fourth-order valence-corrected chi connectivity index (χ4v) is 2.66. The average molecular weight is 483 g/mol. The Morgan fingerprint density at radius 1 is 1.07 bits per heavy atom. The van der Waals surface area contributed by atoms with Gasteiger partial charge in [0.2, 0.25) is 0 Å². The molecule has 2 rings (SSSR count). The number of hydrogen-bond donors (Lipinski definition) is 3. The summed E-state index contributed by atoms with van der Waals surface area (Å²) in [6, 6.07) is 19.7. The molecule has 148 valence electrons. The molecule has 0 spiro atoms. The molecule has 0 fully saturated rings. The van der Waals surface area contributed by atoms with Gasteiger partial charge in [-0.3, -0.25) is 0 Å². The molecule has 5 nitrogen and oxygen atoms in total. The maximum absolute atomic E-state index is 10.7. The minimum Gasteiger partial charge on any atom is -0.384 e. The molecule has 2 aromatic rings. The van der Waals surface area contributed by atoms with Crippen molar-refractivity contribution in [1.82, 2.24) is 10.6 Å². The number of guanidine groups is 1. The number of methoxy groups -OCH3 is 1. The fraction of sp³-hybridized carbons (Fsp3) is 0.381. The highest BCUT2D eigenvalue weighted by molar-refractivity contribution is 14.0. The van der Waals surface area contributed by atoms with E-state index in [0.29, 0.717) is 12.5 Å². The van der Waals surface area contributed by atoms with Gasteiger partial charge in [0.1, 0.15) is 5.60 Å². The van der Waals surface area contributed by atoms with Crippen molar-refractivity contribution in [2.75, 3.05) is 26.7 Å². The first-order valence-corrected chi connectivity index (χ1v) is 8.94. The van der Waals surface area contributed by atoms with Crippen molar-refractivity contribution in [2.24, 2.45) is 4.99 Å². The van der Waals surface area contributed by atoms with E-state index in [9.17, 15) is 5.11 Å². The predicted octanol–water partition coefficient (Wildman–Crippen LogP) is 3.45. The number of nitrogens with one attached hydrogen (secondary N) is 2. The van der Waals surface area contributed by atoms with Crippen LogP contribution in [0.25, 0.3) is 0 Å². The van der Waals surface area contributed by atoms with Crippen LogP contribution in [0, 0.1) is 0 Å². The van der Waals surface area contributed by atoms with Crippen LogP contribution in [-0.2, 0) is 10.3 Å². The normalized spacial score (nSPS) is 14.6. The molecule has 0 aliphatic heterocycles. The minimum absolute atomic E-state index is 0. The molecule has 3 N–H and O–H groups in total. The van der Waals surface area contributed by atoms with E-state index in [1.165, 1.54) is 0 Å². The molecule has 2 atom stereocenters. The van der Waals surface area contributed by atoms with Crippen molar-refractivity contribution >= 4 is 29.9 Å². The van der Waals surface area contributed by atoms with Crippen molar-refractivity contribution < 1.29 is 9.84 Å². The Bertz CT molecular complexity index is 678. The number of benzene rings is 2. The first-order valence-electron chi connectivity index (χ1n) is 8.94. The number of ether oxygens (including phenoxy) is 1. The Kier molecular flexibility index (Phi) is 10.4. The van der Waals surface area contributed by atoms with Crippen molar-refractivity contribution in [3.05, 3.63) is 71.8 Å². The van der Waals surface area contributed by atoms with E-state index < -0.39 is 5.60 Å². The Balaban J connectivity index is 0.00000364. The molecule has 27 heavy (non-hydrogen) atoms. The van der Waals surface area contributed by atoms with Gasteiger partial charge in [-0.15, -0.1) is 24.0 Å². The van der Waals surface area contributed by atoms with Crippen molar-refractivity contribution in [3.8, 4) is 0 Å². The molecule has 0 aliphatic rings. The molecule has 0 saturated carbocycles. The van der Waals surface area contributed by atoms with Gasteiger partial charge < -0.3 is 20.5 Å². The lowest BCUT2D eigenvalue weighted by Gasteiger charge is -2.23. The number of hydrogen-bond acceptors (Lipinski definition) is 3. The molecule has 6 heteroatoms. The second-order valence-electron chi connectivity index (χ2n) is 6.35. The summed E-state index contributed by atoms with van der Waals surface area (Å²) in [6.45, 7) is 5.37. The van der Waals surface area contributed by atoms with Crippen LogP contribution in [0.4, 0.5) is 0 Å². The zero-order valence-corrected chi connectivity index (χ0v) is 18.5. The van der Waals surface area contributed by atoms with Crippen LogP contribution in [0.3, 0.4) is 0 Å². The van der Waals surface area contributed by atoms with E-state index in [1.54, 1.807) is 14.0 Å². The van der Waals surface area contributed by atoms with Gasteiger partial charge in [-0.05, 0) is 25.0 Å². The van der Waals surface area contributed by atoms with E-state index >= 15 is 0 Å². The van der Waals surface area contributed by atoms with Gasteiger partial charge in [-0.25, -0.2) is 4.99 Å². The van der Waals surface area contributed by atoms with Crippen LogP contribution in [0.15, 0.2) is 65.7 Å². The summed E-state index contributed by atoms with van der Waals surface area (Å²) in [5.41, 5.74) is 0.928. The van der Waals surface area contributed by atoms with Crippen LogP contribution in [0.1, 0.15) is 31.1 Å². The number of nitrogens with zero attached hydrogens (tertiary/aromatic N) is 1. The summed E-state index contributed by atoms with van der Waals surface area (Å²) < 4.78 is 5.58. The molecular formula is C21H30IN3O2. The Hall–Kier alpha value is -1.64. The SMILES string of the molecule is CCNC(=NCC(C)(O)c1ccccc1)NCC(OC)c1ccccc1.I. The summed E-state index contributed by atoms with van der Waals surface area (Å²) in [5.74, 6) is 0.654. The van der Waals surface area contributed by atoms with Gasteiger partial charge >= 0.3 is 0 Å². The number of aliphatic hydroxyl groups is 1. The standard InChI is InChI=1S/C21H29N3O2.HI/c1-4-22-20(23-15-19(26-3)17-11-7-5-8-12-17)24-16-21(2,25)18-13-9-6-10-14-18;/h5-14,19,25H,4,15-16H2,1-3H3,(H2,22,23,24);1H. The fourth-order valence-electron chi connectivity index (χ4n) is 2.66. The lowest BCUT2D eigenvalue weighted by molar-refractivity contribution is 0.0671. The van der Waals surface area contributed by atoms with Crippen molar-refractivity contribution in [1.29, 1.82) is 0 Å². The van der Waals surface area contributed by atoms with Gasteiger partial charge in [0, 0.05) is 20.2 Å². The highest BCUT2D eigenvalue weighted by Crippen LogP contribution is 2.20. The van der Waals surface area contributed by atoms with E-state index in [1.807, 2.05) is 67.6 Å². The summed E-state index contributed by atoms with van der Waals surface area (Å²) in [7, 11) is 1.70. The molecule has 0 bridgehead atoms.